The molecule has 0 radical (unpaired) electrons. The first-order valence-corrected chi connectivity index (χ1v) is 11.7. The summed E-state index contributed by atoms with van der Waals surface area (Å²) in [6.07, 6.45) is 19.0. The summed E-state index contributed by atoms with van der Waals surface area (Å²) in [7, 11) is 0. The number of nitrogens with zero attached hydrogens (tertiary/aromatic N) is 1. The highest BCUT2D eigenvalue weighted by Crippen LogP contribution is 2.44. The number of carbonyl (C=O) groups is 1. The van der Waals surface area contributed by atoms with Gasteiger partial charge >= 0.3 is 5.97 Å². The molecule has 2 heterocycles. The van der Waals surface area contributed by atoms with Crippen LogP contribution < -0.4 is 0 Å². The summed E-state index contributed by atoms with van der Waals surface area (Å²) in [5, 5.41) is 9.13. The number of unbranched alkanes of at least 4 members (excludes halogenated alkanes) is 5. The standard InChI is InChI=1S/C26H33NO3/c1-2-3-4-5-6-7-10-18-13-14-19(17-20-15-16-23(30-20)26(28)29)25-24(18)21-11-8-9-12-22(21)27-25/h13-16,18H,2-12,17H2,1H3,(H,28,29). The molecule has 1 saturated carbocycles. The zero-order chi connectivity index (χ0) is 20.9. The van der Waals surface area contributed by atoms with Gasteiger partial charge in [0.25, 0.3) is 0 Å². The van der Waals surface area contributed by atoms with Crippen molar-refractivity contribution in [2.45, 2.75) is 84.0 Å². The second kappa shape index (κ2) is 9.63. The van der Waals surface area contributed by atoms with Crippen LogP contribution in [-0.4, -0.2) is 16.8 Å². The Kier molecular flexibility index (Phi) is 6.71. The van der Waals surface area contributed by atoms with Gasteiger partial charge in [-0.1, -0.05) is 57.6 Å². The lowest BCUT2D eigenvalue weighted by Crippen LogP contribution is -2.13. The van der Waals surface area contributed by atoms with E-state index in [9.17, 15) is 4.79 Å². The summed E-state index contributed by atoms with van der Waals surface area (Å²) < 4.78 is 5.52. The maximum absolute atomic E-state index is 11.1. The van der Waals surface area contributed by atoms with Crippen LogP contribution in [-0.2, 0) is 6.42 Å². The predicted molar refractivity (Wildman–Crippen MR) is 120 cm³/mol. The number of hydrogen-bond acceptors (Lipinski definition) is 3. The molecule has 30 heavy (non-hydrogen) atoms. The third kappa shape index (κ3) is 4.53. The number of fused-ring (bicyclic) bond motifs is 2. The van der Waals surface area contributed by atoms with Gasteiger partial charge in [0, 0.05) is 18.1 Å². The van der Waals surface area contributed by atoms with Crippen molar-refractivity contribution < 1.29 is 14.3 Å². The Bertz CT molecular complexity index is 912. The van der Waals surface area contributed by atoms with Gasteiger partial charge in [-0.3, -0.25) is 4.99 Å². The van der Waals surface area contributed by atoms with E-state index in [1.807, 2.05) is 0 Å². The van der Waals surface area contributed by atoms with E-state index in [0.29, 0.717) is 18.1 Å². The van der Waals surface area contributed by atoms with Crippen LogP contribution in [0.25, 0.3) is 0 Å². The quantitative estimate of drug-likeness (QED) is 0.423. The van der Waals surface area contributed by atoms with Gasteiger partial charge in [-0.25, -0.2) is 4.79 Å². The van der Waals surface area contributed by atoms with Crippen molar-refractivity contribution in [1.82, 2.24) is 0 Å². The van der Waals surface area contributed by atoms with Gasteiger partial charge in [0.15, 0.2) is 0 Å². The molecule has 1 unspecified atom stereocenters. The molecule has 160 valence electrons. The van der Waals surface area contributed by atoms with E-state index in [1.165, 1.54) is 80.7 Å². The lowest BCUT2D eigenvalue weighted by molar-refractivity contribution is 0.0660. The van der Waals surface area contributed by atoms with Crippen LogP contribution in [0.5, 0.6) is 0 Å². The van der Waals surface area contributed by atoms with Gasteiger partial charge in [0.1, 0.15) is 5.76 Å². The van der Waals surface area contributed by atoms with Crippen molar-refractivity contribution in [3.63, 3.8) is 0 Å². The highest BCUT2D eigenvalue weighted by Gasteiger charge is 2.33. The van der Waals surface area contributed by atoms with Crippen LogP contribution in [0.4, 0.5) is 0 Å². The average molecular weight is 408 g/mol. The molecular weight excluding hydrogens is 374 g/mol. The van der Waals surface area contributed by atoms with Gasteiger partial charge in [0.05, 0.1) is 5.70 Å². The fourth-order valence-corrected chi connectivity index (χ4v) is 5.00. The summed E-state index contributed by atoms with van der Waals surface area (Å²) in [6.45, 7) is 2.26. The molecule has 1 aliphatic heterocycles. The number of carboxylic acids is 1. The van der Waals surface area contributed by atoms with Crippen LogP contribution in [0.2, 0.25) is 0 Å². The number of allylic oxidation sites excluding steroid dienone is 5. The van der Waals surface area contributed by atoms with Crippen LogP contribution in [0, 0.1) is 5.92 Å². The van der Waals surface area contributed by atoms with Gasteiger partial charge < -0.3 is 9.52 Å². The van der Waals surface area contributed by atoms with Crippen molar-refractivity contribution in [3.05, 3.63) is 58.2 Å². The molecule has 1 atom stereocenters. The minimum absolute atomic E-state index is 0.00122. The predicted octanol–water partition coefficient (Wildman–Crippen LogP) is 7.04. The summed E-state index contributed by atoms with van der Waals surface area (Å²) >= 11 is 0. The van der Waals surface area contributed by atoms with Crippen molar-refractivity contribution in [2.24, 2.45) is 10.9 Å². The van der Waals surface area contributed by atoms with Crippen molar-refractivity contribution in [1.29, 1.82) is 0 Å². The highest BCUT2D eigenvalue weighted by molar-refractivity contribution is 6.06. The molecular formula is C26H33NO3. The summed E-state index contributed by atoms with van der Waals surface area (Å²) in [5.41, 5.74) is 6.56. The van der Waals surface area contributed by atoms with Crippen molar-refractivity contribution in [2.75, 3.05) is 0 Å². The van der Waals surface area contributed by atoms with Gasteiger partial charge in [-0.15, -0.1) is 0 Å². The van der Waals surface area contributed by atoms with E-state index in [4.69, 9.17) is 14.5 Å². The second-order valence-electron chi connectivity index (χ2n) is 8.80. The lowest BCUT2D eigenvalue weighted by atomic mass is 9.79. The molecule has 4 heteroatoms. The summed E-state index contributed by atoms with van der Waals surface area (Å²) in [6, 6.07) is 3.31. The van der Waals surface area contributed by atoms with E-state index >= 15 is 0 Å². The molecule has 0 aromatic carbocycles. The Balaban J connectivity index is 1.51. The molecule has 1 aromatic rings. The number of hydrogen-bond donors (Lipinski definition) is 1. The van der Waals surface area contributed by atoms with E-state index in [2.05, 4.69) is 19.1 Å². The third-order valence-electron chi connectivity index (χ3n) is 6.58. The molecule has 0 spiro atoms. The summed E-state index contributed by atoms with van der Waals surface area (Å²) in [5.74, 6) is 0.136. The molecule has 1 aromatic heterocycles. The van der Waals surface area contributed by atoms with Crippen molar-refractivity contribution in [3.8, 4) is 0 Å². The number of aliphatic imine (C=N–C) groups is 1. The Morgan fingerprint density at radius 1 is 1.13 bits per heavy atom. The Labute approximate surface area is 179 Å². The van der Waals surface area contributed by atoms with E-state index < -0.39 is 5.97 Å². The SMILES string of the molecule is CCCCCCCCC1C=CC(Cc2ccc(C(=O)O)o2)=C2N=C3CCCCC3=C21. The van der Waals surface area contributed by atoms with Gasteiger partial charge in [-0.05, 0) is 61.0 Å². The topological polar surface area (TPSA) is 62.8 Å². The molecule has 0 bridgehead atoms. The fourth-order valence-electron chi connectivity index (χ4n) is 5.00. The smallest absolute Gasteiger partial charge is 0.371 e. The second-order valence-corrected chi connectivity index (χ2v) is 8.80. The normalized spacial score (nSPS) is 20.4. The first-order valence-electron chi connectivity index (χ1n) is 11.7. The van der Waals surface area contributed by atoms with Gasteiger partial charge in [-0.2, -0.15) is 0 Å². The Morgan fingerprint density at radius 3 is 2.73 bits per heavy atom. The minimum Gasteiger partial charge on any atom is -0.475 e. The van der Waals surface area contributed by atoms with Gasteiger partial charge in [0.2, 0.25) is 5.76 Å². The molecule has 4 rings (SSSR count). The first-order chi connectivity index (χ1) is 14.7. The average Bonchev–Trinajstić information content (AvgIpc) is 3.37. The minimum atomic E-state index is -1.02. The number of carboxylic acid groups (broad SMARTS) is 1. The van der Waals surface area contributed by atoms with Crippen LogP contribution in [0.15, 0.2) is 56.1 Å². The fraction of sp³-hybridized carbons (Fsp3) is 0.538. The van der Waals surface area contributed by atoms with E-state index in [1.54, 1.807) is 6.07 Å². The van der Waals surface area contributed by atoms with Crippen molar-refractivity contribution >= 4 is 11.7 Å². The molecule has 1 fully saturated rings. The molecule has 1 N–H and O–H groups in total. The first kappa shape index (κ1) is 20.9. The van der Waals surface area contributed by atoms with E-state index in [-0.39, 0.29) is 5.76 Å². The molecule has 0 amide bonds. The Hall–Kier alpha value is -2.36. The largest absolute Gasteiger partial charge is 0.475 e. The van der Waals surface area contributed by atoms with Crippen LogP contribution >= 0.6 is 0 Å². The molecule has 0 saturated heterocycles. The molecule has 4 nitrogen and oxygen atoms in total. The maximum Gasteiger partial charge on any atom is 0.371 e. The molecule has 2 aliphatic carbocycles. The number of rotatable bonds is 10. The molecule has 3 aliphatic rings. The van der Waals surface area contributed by atoms with Crippen LogP contribution in [0.1, 0.15) is 93.9 Å². The lowest BCUT2D eigenvalue weighted by Gasteiger charge is -2.24. The van der Waals surface area contributed by atoms with Crippen LogP contribution in [0.3, 0.4) is 0 Å². The third-order valence-corrected chi connectivity index (χ3v) is 6.58. The highest BCUT2D eigenvalue weighted by atomic mass is 16.4. The zero-order valence-electron chi connectivity index (χ0n) is 18.1. The monoisotopic (exact) mass is 407 g/mol. The zero-order valence-corrected chi connectivity index (χ0v) is 18.1. The van der Waals surface area contributed by atoms with E-state index in [0.717, 1.165) is 24.1 Å². The maximum atomic E-state index is 11.1. The number of furan rings is 1. The summed E-state index contributed by atoms with van der Waals surface area (Å²) in [4.78, 5) is 16.2. The number of aromatic carboxylic acids is 1. The Morgan fingerprint density at radius 2 is 1.93 bits per heavy atom.